The number of rotatable bonds is 7. The van der Waals surface area contributed by atoms with Gasteiger partial charge in [0.25, 0.3) is 5.91 Å². The molecule has 0 unspecified atom stereocenters. The molecule has 1 aliphatic rings. The number of esters is 1. The fraction of sp³-hybridized carbons (Fsp3) is 0.231. The van der Waals surface area contributed by atoms with Gasteiger partial charge in [0, 0.05) is 23.5 Å². The summed E-state index contributed by atoms with van der Waals surface area (Å²) < 4.78 is 7.56. The molecule has 1 fully saturated rings. The third-order valence-corrected chi connectivity index (χ3v) is 6.07. The average Bonchev–Trinajstić information content (AvgIpc) is 3.44. The smallest absolute Gasteiger partial charge is 0.361 e. The molecule has 0 saturated carbocycles. The first-order valence-corrected chi connectivity index (χ1v) is 11.9. The van der Waals surface area contributed by atoms with Crippen LogP contribution in [0.5, 0.6) is 0 Å². The van der Waals surface area contributed by atoms with Gasteiger partial charge in [-0.25, -0.2) is 14.8 Å². The lowest BCUT2D eigenvalue weighted by atomic mass is 10.1. The Morgan fingerprint density at radius 1 is 1.08 bits per heavy atom. The topological polar surface area (TPSA) is 150 Å². The molecule has 5 rings (SSSR count). The van der Waals surface area contributed by atoms with Crippen molar-refractivity contribution in [3.63, 3.8) is 0 Å². The van der Waals surface area contributed by atoms with Gasteiger partial charge in [0.1, 0.15) is 0 Å². The van der Waals surface area contributed by atoms with Crippen molar-refractivity contribution in [1.29, 1.82) is 0 Å². The Bertz CT molecular complexity index is 1370. The van der Waals surface area contributed by atoms with Crippen molar-refractivity contribution in [3.05, 3.63) is 84.7 Å². The van der Waals surface area contributed by atoms with E-state index in [-0.39, 0.29) is 11.5 Å². The monoisotopic (exact) mass is 498 g/mol. The van der Waals surface area contributed by atoms with Crippen molar-refractivity contribution in [3.8, 4) is 11.3 Å². The van der Waals surface area contributed by atoms with Crippen molar-refractivity contribution in [2.24, 2.45) is 0 Å². The molecule has 11 heteroatoms. The molecule has 11 nitrogen and oxygen atoms in total. The summed E-state index contributed by atoms with van der Waals surface area (Å²) in [4.78, 5) is 38.9. The first-order valence-electron chi connectivity index (χ1n) is 11.9. The van der Waals surface area contributed by atoms with Crippen LogP contribution in [0.15, 0.2) is 73.4 Å². The minimum Gasteiger partial charge on any atom is -0.442 e. The van der Waals surface area contributed by atoms with E-state index in [1.165, 1.54) is 12.4 Å². The van der Waals surface area contributed by atoms with E-state index in [0.717, 1.165) is 25.9 Å². The highest BCUT2D eigenvalue weighted by Crippen LogP contribution is 2.25. The number of nitrogens with zero attached hydrogens (tertiary/aromatic N) is 5. The minimum atomic E-state index is -1.25. The zero-order chi connectivity index (χ0) is 25.6. The molecule has 188 valence electrons. The summed E-state index contributed by atoms with van der Waals surface area (Å²) in [5.41, 5.74) is 7.90. The number of pyridine rings is 1. The van der Waals surface area contributed by atoms with Crippen LogP contribution >= 0.6 is 0 Å². The van der Waals surface area contributed by atoms with Gasteiger partial charge < -0.3 is 21.1 Å². The van der Waals surface area contributed by atoms with Crippen molar-refractivity contribution >= 4 is 23.4 Å². The third kappa shape index (κ3) is 5.62. The summed E-state index contributed by atoms with van der Waals surface area (Å²) in [5, 5.41) is 10.5. The van der Waals surface area contributed by atoms with E-state index in [1.807, 2.05) is 10.9 Å². The number of nitrogen functional groups attached to an aromatic ring is 1. The SMILES string of the molecule is Nc1ncc(-c2cnn(C3CCNCC3)c2)nc1C(=O)O[C@@H](C(=O)Nc1cccnc1)c1ccccc1. The lowest BCUT2D eigenvalue weighted by Gasteiger charge is -2.22. The molecular weight excluding hydrogens is 472 g/mol. The van der Waals surface area contributed by atoms with E-state index in [2.05, 4.69) is 30.7 Å². The Hall–Kier alpha value is -4.64. The van der Waals surface area contributed by atoms with Crippen molar-refractivity contribution < 1.29 is 14.3 Å². The van der Waals surface area contributed by atoms with E-state index in [4.69, 9.17) is 10.5 Å². The van der Waals surface area contributed by atoms with Crippen LogP contribution in [0, 0.1) is 0 Å². The largest absolute Gasteiger partial charge is 0.442 e. The number of aromatic nitrogens is 5. The number of benzene rings is 1. The Morgan fingerprint density at radius 3 is 2.65 bits per heavy atom. The van der Waals surface area contributed by atoms with Crippen molar-refractivity contribution in [2.75, 3.05) is 24.1 Å². The van der Waals surface area contributed by atoms with E-state index in [9.17, 15) is 9.59 Å². The predicted octanol–water partition coefficient (Wildman–Crippen LogP) is 2.78. The summed E-state index contributed by atoms with van der Waals surface area (Å²) in [5.74, 6) is -1.51. The van der Waals surface area contributed by atoms with E-state index >= 15 is 0 Å². The number of amides is 1. The average molecular weight is 499 g/mol. The van der Waals surface area contributed by atoms with E-state index in [1.54, 1.807) is 54.9 Å². The summed E-state index contributed by atoms with van der Waals surface area (Å²) in [6, 6.07) is 12.4. The molecule has 0 bridgehead atoms. The van der Waals surface area contributed by atoms with Crippen LogP contribution in [0.25, 0.3) is 11.3 Å². The van der Waals surface area contributed by atoms with Gasteiger partial charge in [-0.1, -0.05) is 30.3 Å². The fourth-order valence-corrected chi connectivity index (χ4v) is 4.14. The van der Waals surface area contributed by atoms with Gasteiger partial charge in [0.2, 0.25) is 6.10 Å². The Kier molecular flexibility index (Phi) is 7.13. The van der Waals surface area contributed by atoms with Gasteiger partial charge >= 0.3 is 5.97 Å². The zero-order valence-corrected chi connectivity index (χ0v) is 19.9. The van der Waals surface area contributed by atoms with E-state index in [0.29, 0.717) is 28.6 Å². The van der Waals surface area contributed by atoms with Gasteiger partial charge in [-0.05, 0) is 38.1 Å². The Morgan fingerprint density at radius 2 is 1.89 bits per heavy atom. The molecule has 4 aromatic rings. The molecule has 1 atom stereocenters. The lowest BCUT2D eigenvalue weighted by Crippen LogP contribution is -2.29. The Labute approximate surface area is 213 Å². The first kappa shape index (κ1) is 24.1. The van der Waals surface area contributed by atoms with Crippen LogP contribution in [0.2, 0.25) is 0 Å². The first-order chi connectivity index (χ1) is 18.1. The van der Waals surface area contributed by atoms with Crippen LogP contribution in [0.1, 0.15) is 41.0 Å². The summed E-state index contributed by atoms with van der Waals surface area (Å²) >= 11 is 0. The van der Waals surface area contributed by atoms with Gasteiger partial charge in [0.15, 0.2) is 11.5 Å². The number of hydrogen-bond donors (Lipinski definition) is 3. The minimum absolute atomic E-state index is 0.0982. The molecule has 1 saturated heterocycles. The highest BCUT2D eigenvalue weighted by atomic mass is 16.5. The van der Waals surface area contributed by atoms with Crippen LogP contribution in [-0.2, 0) is 9.53 Å². The number of ether oxygens (including phenoxy) is 1. The second kappa shape index (κ2) is 11.0. The fourth-order valence-electron chi connectivity index (χ4n) is 4.14. The molecule has 4 heterocycles. The van der Waals surface area contributed by atoms with Gasteiger partial charge in [0.05, 0.1) is 36.0 Å². The van der Waals surface area contributed by atoms with Gasteiger partial charge in [-0.3, -0.25) is 14.5 Å². The summed E-state index contributed by atoms with van der Waals surface area (Å²) in [6.07, 6.45) is 8.86. The zero-order valence-electron chi connectivity index (χ0n) is 19.9. The second-order valence-corrected chi connectivity index (χ2v) is 8.61. The number of anilines is 2. The maximum Gasteiger partial charge on any atom is 0.361 e. The number of nitrogens with one attached hydrogen (secondary N) is 2. The number of nitrogens with two attached hydrogens (primary N) is 1. The molecule has 1 aliphatic heterocycles. The number of carbonyl (C=O) groups excluding carboxylic acids is 2. The maximum absolute atomic E-state index is 13.2. The number of hydrogen-bond acceptors (Lipinski definition) is 9. The molecule has 0 aliphatic carbocycles. The highest BCUT2D eigenvalue weighted by molar-refractivity contribution is 5.99. The number of piperidine rings is 1. The second-order valence-electron chi connectivity index (χ2n) is 8.61. The van der Waals surface area contributed by atoms with Crippen LogP contribution in [-0.4, -0.2) is 49.7 Å². The maximum atomic E-state index is 13.2. The highest BCUT2D eigenvalue weighted by Gasteiger charge is 2.28. The summed E-state index contributed by atoms with van der Waals surface area (Å²) in [6.45, 7) is 1.88. The van der Waals surface area contributed by atoms with Crippen LogP contribution in [0.3, 0.4) is 0 Å². The summed E-state index contributed by atoms with van der Waals surface area (Å²) in [7, 11) is 0. The molecule has 0 spiro atoms. The standard InChI is InChI=1S/C26H26N8O3/c27-24-22(33-21(15-30-24)18-13-31-34(16-18)20-8-11-28-12-9-20)26(36)37-23(17-5-2-1-3-6-17)25(35)32-19-7-4-10-29-14-19/h1-7,10,13-16,20,23,28H,8-9,11-12H2,(H2,27,30)(H,32,35)/t23-/m1/s1. The lowest BCUT2D eigenvalue weighted by molar-refractivity contribution is -0.125. The normalized spacial score (nSPS) is 14.6. The van der Waals surface area contributed by atoms with Crippen LogP contribution < -0.4 is 16.4 Å². The molecule has 0 radical (unpaired) electrons. The molecule has 1 aromatic carbocycles. The van der Waals surface area contributed by atoms with Crippen LogP contribution in [0.4, 0.5) is 11.5 Å². The Balaban J connectivity index is 1.38. The quantitative estimate of drug-likeness (QED) is 0.327. The molecule has 1 amide bonds. The number of carbonyl (C=O) groups is 2. The predicted molar refractivity (Wildman–Crippen MR) is 136 cm³/mol. The molecule has 4 N–H and O–H groups in total. The molecule has 37 heavy (non-hydrogen) atoms. The van der Waals surface area contributed by atoms with Gasteiger partial charge in [-0.15, -0.1) is 0 Å². The molecular formula is C26H26N8O3. The molecule has 3 aromatic heterocycles. The van der Waals surface area contributed by atoms with Gasteiger partial charge in [-0.2, -0.15) is 5.10 Å². The van der Waals surface area contributed by atoms with Crippen molar-refractivity contribution in [1.82, 2.24) is 30.0 Å². The van der Waals surface area contributed by atoms with Crippen molar-refractivity contribution in [2.45, 2.75) is 25.0 Å². The third-order valence-electron chi connectivity index (χ3n) is 6.07. The van der Waals surface area contributed by atoms with E-state index < -0.39 is 18.0 Å².